The van der Waals surface area contributed by atoms with E-state index >= 15 is 0 Å². The zero-order valence-electron chi connectivity index (χ0n) is 10.2. The van der Waals surface area contributed by atoms with Crippen LogP contribution >= 0.6 is 0 Å². The summed E-state index contributed by atoms with van der Waals surface area (Å²) in [4.78, 5) is 11.1. The molecule has 0 saturated heterocycles. The molecule has 1 N–H and O–H groups in total. The van der Waals surface area contributed by atoms with E-state index in [1.807, 2.05) is 30.3 Å². The fourth-order valence-electron chi connectivity index (χ4n) is 1.78. The highest BCUT2D eigenvalue weighted by atomic mass is 16.5. The zero-order valence-corrected chi connectivity index (χ0v) is 10.2. The van der Waals surface area contributed by atoms with E-state index in [4.69, 9.17) is 16.3 Å². The van der Waals surface area contributed by atoms with Gasteiger partial charge in [-0.05, 0) is 18.2 Å². The Bertz CT molecular complexity index is 608. The molecule has 0 atom stereocenters. The molecule has 19 heavy (non-hydrogen) atoms. The molecule has 0 aliphatic carbocycles. The SMILES string of the molecule is C#CCn1ccc(C(=O)O)c1COc1ccccc1. The van der Waals surface area contributed by atoms with Gasteiger partial charge in [0.25, 0.3) is 0 Å². The van der Waals surface area contributed by atoms with Crippen LogP contribution in [0.15, 0.2) is 42.6 Å². The van der Waals surface area contributed by atoms with Crippen molar-refractivity contribution in [2.45, 2.75) is 13.2 Å². The van der Waals surface area contributed by atoms with E-state index in [1.54, 1.807) is 10.8 Å². The van der Waals surface area contributed by atoms with E-state index < -0.39 is 5.97 Å². The van der Waals surface area contributed by atoms with Gasteiger partial charge in [0, 0.05) is 6.20 Å². The topological polar surface area (TPSA) is 51.5 Å². The number of para-hydroxylation sites is 1. The standard InChI is InChI=1S/C15H13NO3/c1-2-9-16-10-8-13(15(17)18)14(16)11-19-12-6-4-3-5-7-12/h1,3-8,10H,9,11H2,(H,17,18). The Morgan fingerprint density at radius 3 is 2.68 bits per heavy atom. The smallest absolute Gasteiger partial charge is 0.337 e. The molecular formula is C15H13NO3. The summed E-state index contributed by atoms with van der Waals surface area (Å²) in [6, 6.07) is 10.8. The summed E-state index contributed by atoms with van der Waals surface area (Å²) in [5.41, 5.74) is 0.778. The maximum absolute atomic E-state index is 11.1. The van der Waals surface area contributed by atoms with Crippen molar-refractivity contribution in [1.29, 1.82) is 0 Å². The predicted octanol–water partition coefficient (Wildman–Crippen LogP) is 2.40. The summed E-state index contributed by atoms with van der Waals surface area (Å²) in [5, 5.41) is 9.12. The number of benzene rings is 1. The van der Waals surface area contributed by atoms with E-state index in [2.05, 4.69) is 5.92 Å². The van der Waals surface area contributed by atoms with Crippen molar-refractivity contribution >= 4 is 5.97 Å². The van der Waals surface area contributed by atoms with Crippen LogP contribution in [0.25, 0.3) is 0 Å². The molecule has 96 valence electrons. The molecule has 0 bridgehead atoms. The second-order valence-electron chi connectivity index (χ2n) is 3.92. The molecule has 0 radical (unpaired) electrons. The maximum Gasteiger partial charge on any atom is 0.337 e. The molecule has 2 rings (SSSR count). The first-order valence-electron chi connectivity index (χ1n) is 5.75. The van der Waals surface area contributed by atoms with Gasteiger partial charge in [-0.3, -0.25) is 0 Å². The number of aromatic carboxylic acids is 1. The summed E-state index contributed by atoms with van der Waals surface area (Å²) in [6.45, 7) is 0.487. The van der Waals surface area contributed by atoms with Crippen molar-refractivity contribution in [2.75, 3.05) is 0 Å². The van der Waals surface area contributed by atoms with Gasteiger partial charge in [-0.1, -0.05) is 24.1 Å². The molecular weight excluding hydrogens is 242 g/mol. The Morgan fingerprint density at radius 1 is 1.32 bits per heavy atom. The van der Waals surface area contributed by atoms with E-state index in [9.17, 15) is 4.79 Å². The first-order chi connectivity index (χ1) is 9.22. The van der Waals surface area contributed by atoms with Crippen molar-refractivity contribution in [1.82, 2.24) is 4.57 Å². The Balaban J connectivity index is 2.20. The van der Waals surface area contributed by atoms with E-state index in [0.29, 0.717) is 18.0 Å². The molecule has 0 spiro atoms. The van der Waals surface area contributed by atoms with Crippen LogP contribution in [0.4, 0.5) is 0 Å². The Kier molecular flexibility index (Phi) is 3.89. The largest absolute Gasteiger partial charge is 0.487 e. The number of nitrogens with zero attached hydrogens (tertiary/aromatic N) is 1. The average Bonchev–Trinajstić information content (AvgIpc) is 2.81. The molecule has 4 nitrogen and oxygen atoms in total. The zero-order chi connectivity index (χ0) is 13.7. The lowest BCUT2D eigenvalue weighted by atomic mass is 10.2. The van der Waals surface area contributed by atoms with Gasteiger partial charge in [0.15, 0.2) is 0 Å². The Morgan fingerprint density at radius 2 is 2.05 bits per heavy atom. The van der Waals surface area contributed by atoms with Crippen LogP contribution in [-0.2, 0) is 13.2 Å². The van der Waals surface area contributed by atoms with E-state index in [-0.39, 0.29) is 12.2 Å². The molecule has 1 heterocycles. The van der Waals surface area contributed by atoms with Crippen molar-refractivity contribution in [3.8, 4) is 18.1 Å². The van der Waals surface area contributed by atoms with Gasteiger partial charge in [0.2, 0.25) is 0 Å². The van der Waals surface area contributed by atoms with Crippen molar-refractivity contribution in [3.05, 3.63) is 53.9 Å². The molecule has 1 aromatic heterocycles. The van der Waals surface area contributed by atoms with E-state index in [1.165, 1.54) is 6.07 Å². The number of carbonyl (C=O) groups is 1. The van der Waals surface area contributed by atoms with Crippen LogP contribution in [0, 0.1) is 12.3 Å². The minimum atomic E-state index is -0.984. The summed E-state index contributed by atoms with van der Waals surface area (Å²) in [5.74, 6) is 2.19. The number of hydrogen-bond donors (Lipinski definition) is 1. The maximum atomic E-state index is 11.1. The molecule has 2 aromatic rings. The minimum absolute atomic E-state index is 0.167. The van der Waals surface area contributed by atoms with Crippen LogP contribution in [-0.4, -0.2) is 15.6 Å². The van der Waals surface area contributed by atoms with Crippen LogP contribution in [0.1, 0.15) is 16.1 Å². The third-order valence-corrected chi connectivity index (χ3v) is 2.69. The van der Waals surface area contributed by atoms with Gasteiger partial charge in [0.05, 0.1) is 17.8 Å². The monoisotopic (exact) mass is 255 g/mol. The lowest BCUT2D eigenvalue weighted by molar-refractivity contribution is 0.0693. The molecule has 0 unspecified atom stereocenters. The molecule has 4 heteroatoms. The molecule has 1 aromatic carbocycles. The van der Waals surface area contributed by atoms with Crippen molar-refractivity contribution in [2.24, 2.45) is 0 Å². The number of rotatable bonds is 5. The summed E-state index contributed by atoms with van der Waals surface area (Å²) in [6.07, 6.45) is 6.92. The number of carboxylic acids is 1. The van der Waals surface area contributed by atoms with Gasteiger partial charge < -0.3 is 14.4 Å². The third-order valence-electron chi connectivity index (χ3n) is 2.69. The minimum Gasteiger partial charge on any atom is -0.487 e. The highest BCUT2D eigenvalue weighted by molar-refractivity contribution is 5.89. The number of aromatic nitrogens is 1. The second kappa shape index (κ2) is 5.78. The molecule has 0 amide bonds. The highest BCUT2D eigenvalue weighted by Gasteiger charge is 2.15. The number of terminal acetylenes is 1. The summed E-state index contributed by atoms with van der Waals surface area (Å²) >= 11 is 0. The van der Waals surface area contributed by atoms with Gasteiger partial charge in [-0.15, -0.1) is 6.42 Å². The second-order valence-corrected chi connectivity index (χ2v) is 3.92. The van der Waals surface area contributed by atoms with Crippen LogP contribution in [0.2, 0.25) is 0 Å². The van der Waals surface area contributed by atoms with Crippen molar-refractivity contribution in [3.63, 3.8) is 0 Å². The fraction of sp³-hybridized carbons (Fsp3) is 0.133. The number of carboxylic acid groups (broad SMARTS) is 1. The van der Waals surface area contributed by atoms with Gasteiger partial charge >= 0.3 is 5.97 Å². The normalized spacial score (nSPS) is 9.84. The highest BCUT2D eigenvalue weighted by Crippen LogP contribution is 2.16. The third kappa shape index (κ3) is 2.96. The first-order valence-corrected chi connectivity index (χ1v) is 5.75. The lowest BCUT2D eigenvalue weighted by Crippen LogP contribution is -2.09. The average molecular weight is 255 g/mol. The predicted molar refractivity (Wildman–Crippen MR) is 71.0 cm³/mol. The lowest BCUT2D eigenvalue weighted by Gasteiger charge is -2.09. The van der Waals surface area contributed by atoms with Gasteiger partial charge in [-0.25, -0.2) is 4.79 Å². The number of hydrogen-bond acceptors (Lipinski definition) is 2. The van der Waals surface area contributed by atoms with E-state index in [0.717, 1.165) is 0 Å². The fourth-order valence-corrected chi connectivity index (χ4v) is 1.78. The van der Waals surface area contributed by atoms with Crippen LogP contribution in [0.3, 0.4) is 0 Å². The van der Waals surface area contributed by atoms with Gasteiger partial charge in [0.1, 0.15) is 12.4 Å². The molecule has 0 aliphatic rings. The Hall–Kier alpha value is -2.67. The molecule has 0 aliphatic heterocycles. The number of ether oxygens (including phenoxy) is 1. The Labute approximate surface area is 111 Å². The molecule has 0 fully saturated rings. The first kappa shape index (κ1) is 12.8. The summed E-state index contributed by atoms with van der Waals surface area (Å²) in [7, 11) is 0. The summed E-state index contributed by atoms with van der Waals surface area (Å²) < 4.78 is 7.28. The van der Waals surface area contributed by atoms with Crippen molar-refractivity contribution < 1.29 is 14.6 Å². The van der Waals surface area contributed by atoms with Gasteiger partial charge in [-0.2, -0.15) is 0 Å². The quantitative estimate of drug-likeness (QED) is 0.835. The van der Waals surface area contributed by atoms with Crippen LogP contribution in [0.5, 0.6) is 5.75 Å². The van der Waals surface area contributed by atoms with Crippen LogP contribution < -0.4 is 4.74 Å². The molecule has 0 saturated carbocycles.